The first-order chi connectivity index (χ1) is 12.6. The van der Waals surface area contributed by atoms with Gasteiger partial charge in [0.05, 0.1) is 12.0 Å². The highest BCUT2D eigenvalue weighted by Gasteiger charge is 2.28. The quantitative estimate of drug-likeness (QED) is 0.739. The first-order valence-corrected chi connectivity index (χ1v) is 9.10. The number of amides is 2. The number of nitrogens with zero attached hydrogens (tertiary/aromatic N) is 1. The fraction of sp³-hybridized carbons (Fsp3) is 0.421. The Hall–Kier alpha value is -2.54. The van der Waals surface area contributed by atoms with E-state index in [4.69, 9.17) is 11.6 Å². The Morgan fingerprint density at radius 1 is 1.19 bits per heavy atom. The summed E-state index contributed by atoms with van der Waals surface area (Å²) >= 11 is 6.00. The number of carbonyl (C=O) groups excluding carboxylic acids is 3. The second kappa shape index (κ2) is 8.43. The second-order valence-electron chi connectivity index (χ2n) is 6.68. The highest BCUT2D eigenvalue weighted by molar-refractivity contribution is 6.31. The SMILES string of the molecule is CC[C@@H](C)[C@H](NC(=O)c1cc2cc(Cl)ccc2n1C)C(=O)N[C@@H](C)C(=O)[O-]. The van der Waals surface area contributed by atoms with Crippen molar-refractivity contribution in [3.05, 3.63) is 35.0 Å². The van der Waals surface area contributed by atoms with Gasteiger partial charge in [-0.3, -0.25) is 9.59 Å². The van der Waals surface area contributed by atoms with E-state index in [2.05, 4.69) is 10.6 Å². The number of carboxylic acids is 1. The van der Waals surface area contributed by atoms with Crippen molar-refractivity contribution in [3.8, 4) is 0 Å². The number of aliphatic carboxylic acids is 1. The second-order valence-corrected chi connectivity index (χ2v) is 7.11. The van der Waals surface area contributed by atoms with Gasteiger partial charge in [-0.2, -0.15) is 0 Å². The molecule has 0 radical (unpaired) electrons. The number of carboxylic acid groups (broad SMARTS) is 1. The van der Waals surface area contributed by atoms with Crippen LogP contribution in [0.1, 0.15) is 37.7 Å². The van der Waals surface area contributed by atoms with Crippen LogP contribution in [0.3, 0.4) is 0 Å². The maximum absolute atomic E-state index is 12.8. The van der Waals surface area contributed by atoms with E-state index in [0.29, 0.717) is 17.1 Å². The lowest BCUT2D eigenvalue weighted by Gasteiger charge is -2.25. The van der Waals surface area contributed by atoms with Crippen molar-refractivity contribution in [1.82, 2.24) is 15.2 Å². The largest absolute Gasteiger partial charge is 0.548 e. The van der Waals surface area contributed by atoms with E-state index in [-0.39, 0.29) is 5.92 Å². The fourth-order valence-electron chi connectivity index (χ4n) is 2.82. The van der Waals surface area contributed by atoms with Gasteiger partial charge < -0.3 is 25.1 Å². The molecule has 0 spiro atoms. The van der Waals surface area contributed by atoms with E-state index in [1.54, 1.807) is 29.8 Å². The molecule has 0 fully saturated rings. The van der Waals surface area contributed by atoms with E-state index in [0.717, 1.165) is 10.9 Å². The van der Waals surface area contributed by atoms with Crippen LogP contribution in [0, 0.1) is 5.92 Å². The molecular formula is C19H23ClN3O4-. The van der Waals surface area contributed by atoms with Crippen LogP contribution < -0.4 is 15.7 Å². The third-order valence-electron chi connectivity index (χ3n) is 4.73. The molecule has 8 heteroatoms. The van der Waals surface area contributed by atoms with Crippen LogP contribution in [-0.4, -0.2) is 34.4 Å². The summed E-state index contributed by atoms with van der Waals surface area (Å²) in [5.41, 5.74) is 1.21. The predicted octanol–water partition coefficient (Wildman–Crippen LogP) is 1.23. The molecule has 1 aromatic heterocycles. The number of benzene rings is 1. The molecule has 2 aromatic rings. The summed E-state index contributed by atoms with van der Waals surface area (Å²) in [5, 5.41) is 17.3. The monoisotopic (exact) mass is 392 g/mol. The Kier molecular flexibility index (Phi) is 6.49. The van der Waals surface area contributed by atoms with Crippen molar-refractivity contribution < 1.29 is 19.5 Å². The molecule has 1 aromatic carbocycles. The number of aromatic nitrogens is 1. The molecule has 0 bridgehead atoms. The lowest BCUT2D eigenvalue weighted by Crippen LogP contribution is -2.55. The molecule has 0 saturated heterocycles. The third kappa shape index (κ3) is 4.60. The van der Waals surface area contributed by atoms with Crippen LogP contribution in [0.15, 0.2) is 24.3 Å². The molecule has 0 unspecified atom stereocenters. The number of fused-ring (bicyclic) bond motifs is 1. The molecule has 7 nitrogen and oxygen atoms in total. The molecule has 0 aliphatic rings. The van der Waals surface area contributed by atoms with Gasteiger partial charge in [0.1, 0.15) is 11.7 Å². The summed E-state index contributed by atoms with van der Waals surface area (Å²) in [6.07, 6.45) is 0.628. The zero-order valence-electron chi connectivity index (χ0n) is 15.7. The number of carbonyl (C=O) groups is 3. The molecule has 2 N–H and O–H groups in total. The van der Waals surface area contributed by atoms with Crippen LogP contribution in [0.4, 0.5) is 0 Å². The molecule has 146 valence electrons. The van der Waals surface area contributed by atoms with Crippen molar-refractivity contribution in [2.45, 2.75) is 39.3 Å². The van der Waals surface area contributed by atoms with Crippen molar-refractivity contribution in [2.75, 3.05) is 0 Å². The number of aryl methyl sites for hydroxylation is 1. The Labute approximate surface area is 162 Å². The standard InChI is InChI=1S/C19H24ClN3O4/c1-5-10(2)16(18(25)21-11(3)19(26)27)22-17(24)15-9-12-8-13(20)6-7-14(12)23(15)4/h6-11,16H,5H2,1-4H3,(H,21,25)(H,22,24)(H,26,27)/p-1/t10-,11+,16+/m1/s1. The molecule has 3 atom stereocenters. The summed E-state index contributed by atoms with van der Waals surface area (Å²) in [6.45, 7) is 5.02. The maximum atomic E-state index is 12.8. The van der Waals surface area contributed by atoms with Crippen molar-refractivity contribution in [1.29, 1.82) is 0 Å². The zero-order chi connectivity index (χ0) is 20.3. The van der Waals surface area contributed by atoms with Gasteiger partial charge in [0.2, 0.25) is 5.91 Å². The summed E-state index contributed by atoms with van der Waals surface area (Å²) in [4.78, 5) is 36.2. The van der Waals surface area contributed by atoms with Gasteiger partial charge in [-0.15, -0.1) is 0 Å². The van der Waals surface area contributed by atoms with E-state index in [9.17, 15) is 19.5 Å². The van der Waals surface area contributed by atoms with E-state index >= 15 is 0 Å². The average molecular weight is 393 g/mol. The van der Waals surface area contributed by atoms with Gasteiger partial charge in [0, 0.05) is 23.0 Å². The minimum atomic E-state index is -1.39. The van der Waals surface area contributed by atoms with Crippen molar-refractivity contribution >= 4 is 40.3 Å². The summed E-state index contributed by atoms with van der Waals surface area (Å²) < 4.78 is 1.72. The Morgan fingerprint density at radius 3 is 2.44 bits per heavy atom. The highest BCUT2D eigenvalue weighted by atomic mass is 35.5. The Morgan fingerprint density at radius 2 is 1.85 bits per heavy atom. The first kappa shape index (κ1) is 20.8. The maximum Gasteiger partial charge on any atom is 0.268 e. The minimum absolute atomic E-state index is 0.188. The molecule has 0 aliphatic heterocycles. The number of rotatable bonds is 7. The molecule has 27 heavy (non-hydrogen) atoms. The highest BCUT2D eigenvalue weighted by Crippen LogP contribution is 2.23. The zero-order valence-corrected chi connectivity index (χ0v) is 16.5. The molecular weight excluding hydrogens is 370 g/mol. The summed E-state index contributed by atoms with van der Waals surface area (Å²) in [5.74, 6) is -2.56. The molecule has 2 rings (SSSR count). The van der Waals surface area contributed by atoms with Crippen LogP contribution in [0.2, 0.25) is 5.02 Å². The molecule has 0 saturated carbocycles. The number of nitrogens with one attached hydrogen (secondary N) is 2. The topological polar surface area (TPSA) is 103 Å². The van der Waals surface area contributed by atoms with E-state index < -0.39 is 29.9 Å². The van der Waals surface area contributed by atoms with Gasteiger partial charge in [0.25, 0.3) is 5.91 Å². The van der Waals surface area contributed by atoms with Crippen LogP contribution in [0.25, 0.3) is 10.9 Å². The van der Waals surface area contributed by atoms with E-state index in [1.807, 2.05) is 19.9 Å². The lowest BCUT2D eigenvalue weighted by atomic mass is 9.98. The average Bonchev–Trinajstić information content (AvgIpc) is 2.94. The minimum Gasteiger partial charge on any atom is -0.548 e. The van der Waals surface area contributed by atoms with Gasteiger partial charge in [-0.05, 0) is 37.1 Å². The van der Waals surface area contributed by atoms with Crippen molar-refractivity contribution in [3.63, 3.8) is 0 Å². The molecule has 0 aliphatic carbocycles. The van der Waals surface area contributed by atoms with Crippen LogP contribution in [0.5, 0.6) is 0 Å². The number of halogens is 1. The van der Waals surface area contributed by atoms with Crippen LogP contribution in [-0.2, 0) is 16.6 Å². The molecule has 1 heterocycles. The van der Waals surface area contributed by atoms with Crippen LogP contribution >= 0.6 is 11.6 Å². The predicted molar refractivity (Wildman–Crippen MR) is 101 cm³/mol. The van der Waals surface area contributed by atoms with Gasteiger partial charge in [0.15, 0.2) is 0 Å². The van der Waals surface area contributed by atoms with Gasteiger partial charge in [-0.25, -0.2) is 0 Å². The van der Waals surface area contributed by atoms with Crippen molar-refractivity contribution in [2.24, 2.45) is 13.0 Å². The van der Waals surface area contributed by atoms with Gasteiger partial charge in [-0.1, -0.05) is 31.9 Å². The first-order valence-electron chi connectivity index (χ1n) is 8.72. The summed E-state index contributed by atoms with van der Waals surface area (Å²) in [6, 6.07) is 4.99. The van der Waals surface area contributed by atoms with E-state index in [1.165, 1.54) is 6.92 Å². The lowest BCUT2D eigenvalue weighted by molar-refractivity contribution is -0.307. The summed E-state index contributed by atoms with van der Waals surface area (Å²) in [7, 11) is 1.75. The normalized spacial score (nSPS) is 14.4. The Bertz CT molecular complexity index is 877. The third-order valence-corrected chi connectivity index (χ3v) is 4.97. The Balaban J connectivity index is 2.27. The van der Waals surface area contributed by atoms with Gasteiger partial charge >= 0.3 is 0 Å². The smallest absolute Gasteiger partial charge is 0.268 e. The molecule has 2 amide bonds. The fourth-order valence-corrected chi connectivity index (χ4v) is 3.00. The number of hydrogen-bond donors (Lipinski definition) is 2. The number of hydrogen-bond acceptors (Lipinski definition) is 4.